The van der Waals surface area contributed by atoms with Crippen LogP contribution in [0.1, 0.15) is 65.0 Å². The van der Waals surface area contributed by atoms with Crippen LogP contribution < -0.4 is 10.0 Å². The van der Waals surface area contributed by atoms with Gasteiger partial charge in [0.1, 0.15) is 11.1 Å². The first-order valence-corrected chi connectivity index (χ1v) is 13.0. The molecule has 10 heteroatoms. The summed E-state index contributed by atoms with van der Waals surface area (Å²) in [4.78, 5) is 17.3. The van der Waals surface area contributed by atoms with Crippen molar-refractivity contribution in [1.29, 1.82) is 0 Å². The largest absolute Gasteiger partial charge is 0.447 e. The third-order valence-electron chi connectivity index (χ3n) is 4.54. The summed E-state index contributed by atoms with van der Waals surface area (Å²) in [5, 5.41) is 3.44. The number of ether oxygens (including phenoxy) is 2. The van der Waals surface area contributed by atoms with Crippen LogP contribution in [0.3, 0.4) is 0 Å². The number of sulfonamides is 1. The molecule has 0 spiro atoms. The van der Waals surface area contributed by atoms with Gasteiger partial charge in [0.15, 0.2) is 0 Å². The standard InChI is InChI=1S/C22H31N3O5S2/c1-14(2)30-21(26)24-15-9-10-16(19(12-15)32(27,28)25-22(3,4)5)18-13-23-20(31-18)17-8-6-7-11-29-17/h9-10,12-14,17,25H,6-8,11H2,1-5H3,(H,24,26). The first-order chi connectivity index (χ1) is 14.9. The predicted octanol–water partition coefficient (Wildman–Crippen LogP) is 5.09. The van der Waals surface area contributed by atoms with Gasteiger partial charge in [-0.1, -0.05) is 6.07 Å². The maximum Gasteiger partial charge on any atom is 0.411 e. The first kappa shape index (κ1) is 24.6. The van der Waals surface area contributed by atoms with Gasteiger partial charge in [-0.25, -0.2) is 22.9 Å². The summed E-state index contributed by atoms with van der Waals surface area (Å²) in [7, 11) is -3.89. The van der Waals surface area contributed by atoms with Gasteiger partial charge in [-0.2, -0.15) is 0 Å². The summed E-state index contributed by atoms with van der Waals surface area (Å²) in [5.74, 6) is 0. The van der Waals surface area contributed by atoms with Gasteiger partial charge in [0.05, 0.1) is 15.9 Å². The number of benzene rings is 1. The highest BCUT2D eigenvalue weighted by atomic mass is 32.2. The molecule has 2 aromatic rings. The number of aromatic nitrogens is 1. The van der Waals surface area contributed by atoms with Crippen molar-refractivity contribution in [2.75, 3.05) is 11.9 Å². The van der Waals surface area contributed by atoms with E-state index in [1.807, 2.05) is 0 Å². The van der Waals surface area contributed by atoms with E-state index in [2.05, 4.69) is 15.0 Å². The lowest BCUT2D eigenvalue weighted by atomic mass is 10.1. The normalized spacial score (nSPS) is 17.4. The Hall–Kier alpha value is -2.01. The summed E-state index contributed by atoms with van der Waals surface area (Å²) in [6.45, 7) is 9.51. The second-order valence-corrected chi connectivity index (χ2v) is 11.8. The second-order valence-electron chi connectivity index (χ2n) is 9.06. The zero-order valence-electron chi connectivity index (χ0n) is 19.1. The maximum absolute atomic E-state index is 13.3. The Labute approximate surface area is 193 Å². The zero-order chi connectivity index (χ0) is 23.5. The molecule has 1 unspecified atom stereocenters. The van der Waals surface area contributed by atoms with E-state index in [9.17, 15) is 13.2 Å². The molecule has 8 nitrogen and oxygen atoms in total. The van der Waals surface area contributed by atoms with Crippen LogP contribution in [0, 0.1) is 0 Å². The molecule has 1 aromatic carbocycles. The number of anilines is 1. The van der Waals surface area contributed by atoms with Crippen LogP contribution in [-0.2, 0) is 19.5 Å². The Morgan fingerprint density at radius 1 is 1.28 bits per heavy atom. The summed E-state index contributed by atoms with van der Waals surface area (Å²) in [6, 6.07) is 4.78. The van der Waals surface area contributed by atoms with E-state index in [4.69, 9.17) is 9.47 Å². The van der Waals surface area contributed by atoms with Crippen LogP contribution in [0.5, 0.6) is 0 Å². The number of nitrogens with one attached hydrogen (secondary N) is 2. The van der Waals surface area contributed by atoms with Gasteiger partial charge in [0.25, 0.3) is 0 Å². The van der Waals surface area contributed by atoms with Gasteiger partial charge in [0.2, 0.25) is 10.0 Å². The van der Waals surface area contributed by atoms with E-state index < -0.39 is 21.7 Å². The summed E-state index contributed by atoms with van der Waals surface area (Å²) in [6.07, 6.45) is 3.73. The van der Waals surface area contributed by atoms with Gasteiger partial charge in [-0.05, 0) is 66.0 Å². The Morgan fingerprint density at radius 2 is 2.03 bits per heavy atom. The van der Waals surface area contributed by atoms with Gasteiger partial charge < -0.3 is 9.47 Å². The molecule has 1 atom stereocenters. The van der Waals surface area contributed by atoms with Crippen LogP contribution >= 0.6 is 11.3 Å². The minimum absolute atomic E-state index is 0.0537. The molecule has 32 heavy (non-hydrogen) atoms. The van der Waals surface area contributed by atoms with Crippen molar-refractivity contribution in [2.45, 2.75) is 76.5 Å². The molecule has 1 aromatic heterocycles. The minimum Gasteiger partial charge on any atom is -0.447 e. The van der Waals surface area contributed by atoms with Crippen LogP contribution in [0.25, 0.3) is 10.4 Å². The quantitative estimate of drug-likeness (QED) is 0.595. The van der Waals surface area contributed by atoms with Crippen molar-refractivity contribution in [3.8, 4) is 10.4 Å². The first-order valence-electron chi connectivity index (χ1n) is 10.7. The summed E-state index contributed by atoms with van der Waals surface area (Å²) in [5.41, 5.74) is 0.170. The highest BCUT2D eigenvalue weighted by Gasteiger charge is 2.27. The third-order valence-corrected chi connectivity index (χ3v) is 7.47. The highest BCUT2D eigenvalue weighted by molar-refractivity contribution is 7.89. The van der Waals surface area contributed by atoms with E-state index in [0.29, 0.717) is 17.9 Å². The van der Waals surface area contributed by atoms with Crippen molar-refractivity contribution < 1.29 is 22.7 Å². The van der Waals surface area contributed by atoms with E-state index in [-0.39, 0.29) is 17.1 Å². The highest BCUT2D eigenvalue weighted by Crippen LogP contribution is 2.38. The van der Waals surface area contributed by atoms with Crippen molar-refractivity contribution in [1.82, 2.24) is 9.71 Å². The fourth-order valence-electron chi connectivity index (χ4n) is 3.34. The van der Waals surface area contributed by atoms with Gasteiger partial charge in [0, 0.05) is 29.6 Å². The molecular formula is C22H31N3O5S2. The minimum atomic E-state index is -3.89. The van der Waals surface area contributed by atoms with Crippen LogP contribution in [0.15, 0.2) is 29.3 Å². The molecule has 0 bridgehead atoms. The predicted molar refractivity (Wildman–Crippen MR) is 125 cm³/mol. The molecule has 0 saturated carbocycles. The number of rotatable bonds is 6. The van der Waals surface area contributed by atoms with Crippen LogP contribution in [0.2, 0.25) is 0 Å². The number of thiazole rings is 1. The molecule has 1 fully saturated rings. The van der Waals surface area contributed by atoms with Crippen molar-refractivity contribution in [3.63, 3.8) is 0 Å². The van der Waals surface area contributed by atoms with E-state index in [0.717, 1.165) is 29.1 Å². The Bertz CT molecular complexity index is 1050. The molecule has 1 amide bonds. The van der Waals surface area contributed by atoms with E-state index >= 15 is 0 Å². The molecule has 1 saturated heterocycles. The second kappa shape index (κ2) is 9.86. The molecule has 176 valence electrons. The summed E-state index contributed by atoms with van der Waals surface area (Å²) < 4.78 is 40.2. The Balaban J connectivity index is 1.99. The van der Waals surface area contributed by atoms with Gasteiger partial charge >= 0.3 is 6.09 Å². The maximum atomic E-state index is 13.3. The third kappa shape index (κ3) is 6.50. The van der Waals surface area contributed by atoms with Crippen LogP contribution in [-0.4, -0.2) is 37.7 Å². The molecule has 2 N–H and O–H groups in total. The molecule has 1 aliphatic rings. The molecule has 1 aliphatic heterocycles. The number of nitrogens with zero attached hydrogens (tertiary/aromatic N) is 1. The Kier molecular flexibility index (Phi) is 7.59. The smallest absolute Gasteiger partial charge is 0.411 e. The number of hydrogen-bond donors (Lipinski definition) is 2. The van der Waals surface area contributed by atoms with Crippen LogP contribution in [0.4, 0.5) is 10.5 Å². The van der Waals surface area contributed by atoms with Gasteiger partial charge in [-0.3, -0.25) is 5.32 Å². The molecule has 0 radical (unpaired) electrons. The van der Waals surface area contributed by atoms with Crippen molar-refractivity contribution >= 4 is 33.1 Å². The molecular weight excluding hydrogens is 450 g/mol. The number of carbonyl (C=O) groups excluding carboxylic acids is 1. The zero-order valence-corrected chi connectivity index (χ0v) is 20.7. The van der Waals surface area contributed by atoms with Crippen molar-refractivity contribution in [3.05, 3.63) is 29.4 Å². The summed E-state index contributed by atoms with van der Waals surface area (Å²) >= 11 is 1.43. The average molecular weight is 482 g/mol. The molecule has 2 heterocycles. The van der Waals surface area contributed by atoms with Crippen molar-refractivity contribution in [2.24, 2.45) is 0 Å². The lowest BCUT2D eigenvalue weighted by molar-refractivity contribution is 0.0148. The lowest BCUT2D eigenvalue weighted by Gasteiger charge is -2.22. The fourth-order valence-corrected chi connectivity index (χ4v) is 6.11. The lowest BCUT2D eigenvalue weighted by Crippen LogP contribution is -2.40. The average Bonchev–Trinajstić information content (AvgIpc) is 3.16. The number of hydrogen-bond acceptors (Lipinski definition) is 7. The fraction of sp³-hybridized carbons (Fsp3) is 0.545. The molecule has 3 rings (SSSR count). The van der Waals surface area contributed by atoms with E-state index in [1.54, 1.807) is 52.9 Å². The number of carbonyl (C=O) groups is 1. The van der Waals surface area contributed by atoms with E-state index in [1.165, 1.54) is 17.4 Å². The van der Waals surface area contributed by atoms with Gasteiger partial charge in [-0.15, -0.1) is 11.3 Å². The topological polar surface area (TPSA) is 107 Å². The Morgan fingerprint density at radius 3 is 2.66 bits per heavy atom. The SMILES string of the molecule is CC(C)OC(=O)Nc1ccc(-c2cnc(C3CCCCO3)s2)c(S(=O)(=O)NC(C)(C)C)c1. The monoisotopic (exact) mass is 481 g/mol. The number of amides is 1. The molecule has 0 aliphatic carbocycles.